The van der Waals surface area contributed by atoms with Crippen molar-refractivity contribution in [2.24, 2.45) is 0 Å². The van der Waals surface area contributed by atoms with Gasteiger partial charge < -0.3 is 5.11 Å². The summed E-state index contributed by atoms with van der Waals surface area (Å²) in [6.45, 7) is 1.14. The number of rotatable bonds is 4. The van der Waals surface area contributed by atoms with Crippen molar-refractivity contribution in [2.75, 3.05) is 25.2 Å². The molecule has 4 heteroatoms. The third-order valence-corrected chi connectivity index (χ3v) is 5.18. The second kappa shape index (κ2) is 7.20. The molecular weight excluding hydrogens is 262 g/mol. The highest BCUT2D eigenvalue weighted by Gasteiger charge is 2.20. The Morgan fingerprint density at radius 1 is 1.56 bits per heavy atom. The molecule has 0 radical (unpaired) electrons. The largest absolute Gasteiger partial charge is 0.395 e. The molecule has 1 unspecified atom stereocenters. The molecule has 1 aromatic rings. The van der Waals surface area contributed by atoms with Gasteiger partial charge in [0, 0.05) is 35.2 Å². The summed E-state index contributed by atoms with van der Waals surface area (Å²) in [4.78, 5) is 3.79. The molecule has 98 valence electrons. The second-order valence-electron chi connectivity index (χ2n) is 4.47. The lowest BCUT2D eigenvalue weighted by Gasteiger charge is -2.22. The summed E-state index contributed by atoms with van der Waals surface area (Å²) < 4.78 is 0. The van der Waals surface area contributed by atoms with Crippen molar-refractivity contribution in [3.8, 4) is 11.8 Å². The Labute approximate surface area is 117 Å². The minimum atomic E-state index is 0.145. The van der Waals surface area contributed by atoms with E-state index in [1.165, 1.54) is 22.8 Å². The molecule has 2 nitrogen and oxygen atoms in total. The van der Waals surface area contributed by atoms with Gasteiger partial charge >= 0.3 is 0 Å². The Kier molecular flexibility index (Phi) is 5.58. The normalized spacial score (nSPS) is 18.9. The van der Waals surface area contributed by atoms with Crippen LogP contribution in [0, 0.1) is 11.8 Å². The molecule has 0 spiro atoms. The van der Waals surface area contributed by atoms with Gasteiger partial charge in [0.2, 0.25) is 0 Å². The first kappa shape index (κ1) is 14.0. The SMILES string of the molecule is CN(Cc1sccc1C#CCCO)C1CCSC1. The molecule has 1 atom stereocenters. The number of aliphatic hydroxyl groups is 1. The average molecular weight is 281 g/mol. The van der Waals surface area contributed by atoms with E-state index < -0.39 is 0 Å². The Morgan fingerprint density at radius 3 is 3.17 bits per heavy atom. The topological polar surface area (TPSA) is 23.5 Å². The fourth-order valence-corrected chi connectivity index (χ4v) is 4.20. The van der Waals surface area contributed by atoms with Gasteiger partial charge in [-0.1, -0.05) is 11.8 Å². The zero-order valence-corrected chi connectivity index (χ0v) is 12.3. The van der Waals surface area contributed by atoms with E-state index in [2.05, 4.69) is 47.0 Å². The van der Waals surface area contributed by atoms with Crippen LogP contribution in [0.5, 0.6) is 0 Å². The lowest BCUT2D eigenvalue weighted by Crippen LogP contribution is -2.30. The van der Waals surface area contributed by atoms with Crippen molar-refractivity contribution in [1.82, 2.24) is 4.90 Å². The standard InChI is InChI=1S/C14H19NOS2/c1-15(13-6-8-17-11-13)10-14-12(5-9-18-14)4-2-3-7-16/h5,9,13,16H,3,6-8,10-11H2,1H3. The van der Waals surface area contributed by atoms with Crippen LogP contribution in [0.4, 0.5) is 0 Å². The van der Waals surface area contributed by atoms with Gasteiger partial charge in [-0.05, 0) is 30.7 Å². The molecule has 2 rings (SSSR count). The van der Waals surface area contributed by atoms with Crippen molar-refractivity contribution in [3.63, 3.8) is 0 Å². The third-order valence-electron chi connectivity index (χ3n) is 3.13. The molecule has 2 heterocycles. The summed E-state index contributed by atoms with van der Waals surface area (Å²) in [5, 5.41) is 10.8. The van der Waals surface area contributed by atoms with Gasteiger partial charge in [-0.2, -0.15) is 11.8 Å². The van der Waals surface area contributed by atoms with Crippen LogP contribution in [0.25, 0.3) is 0 Å². The van der Waals surface area contributed by atoms with Crippen LogP contribution < -0.4 is 0 Å². The molecule has 1 aliphatic rings. The van der Waals surface area contributed by atoms with Crippen LogP contribution in [0.1, 0.15) is 23.3 Å². The number of nitrogens with zero attached hydrogens (tertiary/aromatic N) is 1. The number of thiophene rings is 1. The summed E-state index contributed by atoms with van der Waals surface area (Å²) in [6.07, 6.45) is 1.86. The first-order chi connectivity index (χ1) is 8.81. The maximum atomic E-state index is 8.74. The van der Waals surface area contributed by atoms with Crippen molar-refractivity contribution >= 4 is 23.1 Å². The maximum Gasteiger partial charge on any atom is 0.0540 e. The summed E-state index contributed by atoms with van der Waals surface area (Å²) in [5.41, 5.74) is 1.13. The zero-order chi connectivity index (χ0) is 12.8. The molecule has 0 bridgehead atoms. The molecule has 1 aromatic heterocycles. The van der Waals surface area contributed by atoms with Gasteiger partial charge in [0.15, 0.2) is 0 Å². The van der Waals surface area contributed by atoms with Gasteiger partial charge in [-0.15, -0.1) is 11.3 Å². The Hall–Kier alpha value is -0.470. The van der Waals surface area contributed by atoms with Gasteiger partial charge in [-0.3, -0.25) is 4.90 Å². The van der Waals surface area contributed by atoms with Crippen molar-refractivity contribution < 1.29 is 5.11 Å². The van der Waals surface area contributed by atoms with E-state index in [0.29, 0.717) is 6.42 Å². The third kappa shape index (κ3) is 3.76. The molecule has 0 amide bonds. The molecule has 1 saturated heterocycles. The van der Waals surface area contributed by atoms with Gasteiger partial charge in [0.05, 0.1) is 6.61 Å². The van der Waals surface area contributed by atoms with Gasteiger partial charge in [0.25, 0.3) is 0 Å². The molecule has 1 aliphatic heterocycles. The fraction of sp³-hybridized carbons (Fsp3) is 0.571. The number of hydrogen-bond donors (Lipinski definition) is 1. The summed E-state index contributed by atoms with van der Waals surface area (Å²) >= 11 is 3.83. The predicted octanol–water partition coefficient (Wildman–Crippen LogP) is 2.42. The molecule has 0 aliphatic carbocycles. The first-order valence-corrected chi connectivity index (χ1v) is 8.29. The predicted molar refractivity (Wildman–Crippen MR) is 80.1 cm³/mol. The van der Waals surface area contributed by atoms with Crippen molar-refractivity contribution in [3.05, 3.63) is 21.9 Å². The minimum Gasteiger partial charge on any atom is -0.395 e. The molecule has 0 saturated carbocycles. The van der Waals surface area contributed by atoms with E-state index in [1.807, 2.05) is 0 Å². The van der Waals surface area contributed by atoms with E-state index in [0.717, 1.165) is 18.2 Å². The number of hydrogen-bond acceptors (Lipinski definition) is 4. The molecular formula is C14H19NOS2. The van der Waals surface area contributed by atoms with Crippen LogP contribution in [-0.4, -0.2) is 41.2 Å². The van der Waals surface area contributed by atoms with E-state index >= 15 is 0 Å². The molecule has 0 aromatic carbocycles. The van der Waals surface area contributed by atoms with Crippen LogP contribution in [0.2, 0.25) is 0 Å². The quantitative estimate of drug-likeness (QED) is 0.858. The highest BCUT2D eigenvalue weighted by Crippen LogP contribution is 2.25. The van der Waals surface area contributed by atoms with Crippen LogP contribution in [0.15, 0.2) is 11.4 Å². The molecule has 18 heavy (non-hydrogen) atoms. The Morgan fingerprint density at radius 2 is 2.44 bits per heavy atom. The van der Waals surface area contributed by atoms with Crippen LogP contribution >= 0.6 is 23.1 Å². The number of aliphatic hydroxyl groups excluding tert-OH is 1. The first-order valence-electron chi connectivity index (χ1n) is 6.25. The van der Waals surface area contributed by atoms with E-state index in [1.54, 1.807) is 11.3 Å². The highest BCUT2D eigenvalue weighted by molar-refractivity contribution is 7.99. The average Bonchev–Trinajstić information content (AvgIpc) is 3.01. The van der Waals surface area contributed by atoms with E-state index in [4.69, 9.17) is 5.11 Å². The Balaban J connectivity index is 1.96. The van der Waals surface area contributed by atoms with E-state index in [9.17, 15) is 0 Å². The van der Waals surface area contributed by atoms with E-state index in [-0.39, 0.29) is 6.61 Å². The zero-order valence-electron chi connectivity index (χ0n) is 10.7. The Bertz CT molecular complexity index is 426. The summed E-state index contributed by atoms with van der Waals surface area (Å²) in [7, 11) is 2.21. The van der Waals surface area contributed by atoms with Crippen molar-refractivity contribution in [1.29, 1.82) is 0 Å². The monoisotopic (exact) mass is 281 g/mol. The smallest absolute Gasteiger partial charge is 0.0540 e. The van der Waals surface area contributed by atoms with Gasteiger partial charge in [0.1, 0.15) is 0 Å². The number of thioether (sulfide) groups is 1. The maximum absolute atomic E-state index is 8.74. The minimum absolute atomic E-state index is 0.145. The lowest BCUT2D eigenvalue weighted by atomic mass is 10.2. The summed E-state index contributed by atoms with van der Waals surface area (Å²) in [5.74, 6) is 8.71. The van der Waals surface area contributed by atoms with Crippen LogP contribution in [-0.2, 0) is 6.54 Å². The second-order valence-corrected chi connectivity index (χ2v) is 6.62. The van der Waals surface area contributed by atoms with Gasteiger partial charge in [-0.25, -0.2) is 0 Å². The highest BCUT2D eigenvalue weighted by atomic mass is 32.2. The van der Waals surface area contributed by atoms with Crippen LogP contribution in [0.3, 0.4) is 0 Å². The summed E-state index contributed by atoms with van der Waals surface area (Å²) in [6, 6.07) is 2.80. The molecule has 1 fully saturated rings. The fourth-order valence-electron chi connectivity index (χ4n) is 2.01. The van der Waals surface area contributed by atoms with Crippen molar-refractivity contribution in [2.45, 2.75) is 25.4 Å². The lowest BCUT2D eigenvalue weighted by molar-refractivity contribution is 0.256. The molecule has 1 N–H and O–H groups in total.